The first-order chi connectivity index (χ1) is 13.4. The third kappa shape index (κ3) is 4.40. The molecule has 12 heteroatoms. The van der Waals surface area contributed by atoms with Gasteiger partial charge < -0.3 is 5.32 Å². The van der Waals surface area contributed by atoms with Crippen LogP contribution >= 0.6 is 0 Å². The Kier molecular flexibility index (Phi) is 5.13. The summed E-state index contributed by atoms with van der Waals surface area (Å²) in [6.07, 6.45) is 0. The molecule has 0 aliphatic carbocycles. The number of benzene rings is 3. The van der Waals surface area contributed by atoms with Crippen LogP contribution in [0.3, 0.4) is 0 Å². The van der Waals surface area contributed by atoms with Gasteiger partial charge in [0, 0.05) is 16.6 Å². The number of hydrogen-bond acceptors (Lipinski definition) is 5. The number of fused-ring (bicyclic) bond motifs is 1. The largest absolute Gasteiger partial charge is 0.322 e. The van der Waals surface area contributed by atoms with Crippen molar-refractivity contribution in [2.75, 3.05) is 5.32 Å². The molecule has 3 aromatic carbocycles. The van der Waals surface area contributed by atoms with Gasteiger partial charge in [-0.05, 0) is 47.9 Å². The molecule has 152 valence electrons. The number of halogens is 2. The fraction of sp³-hybridized carbons (Fsp3) is 0. The number of carbonyl (C=O) groups is 1. The third-order valence-corrected chi connectivity index (χ3v) is 5.63. The molecule has 0 saturated heterocycles. The van der Waals surface area contributed by atoms with E-state index in [1.165, 1.54) is 18.2 Å². The lowest BCUT2D eigenvalue weighted by Gasteiger charge is -2.10. The maximum Gasteiger partial charge on any atom is 0.295 e. The van der Waals surface area contributed by atoms with Crippen molar-refractivity contribution in [2.24, 2.45) is 0 Å². The van der Waals surface area contributed by atoms with Gasteiger partial charge >= 0.3 is 0 Å². The average molecular weight is 443 g/mol. The molecule has 0 aromatic heterocycles. The smallest absolute Gasteiger partial charge is 0.295 e. The highest BCUT2D eigenvalue weighted by molar-refractivity contribution is 7.86. The summed E-state index contributed by atoms with van der Waals surface area (Å²) in [6.45, 7) is 0. The van der Waals surface area contributed by atoms with Gasteiger partial charge in [0.1, 0.15) is 4.90 Å². The Hall–Kier alpha value is -2.93. The predicted molar refractivity (Wildman–Crippen MR) is 97.9 cm³/mol. The molecule has 0 bridgehead atoms. The van der Waals surface area contributed by atoms with Crippen molar-refractivity contribution in [1.29, 1.82) is 0 Å². The summed E-state index contributed by atoms with van der Waals surface area (Å²) < 4.78 is 90.8. The zero-order chi connectivity index (χ0) is 21.6. The monoisotopic (exact) mass is 443 g/mol. The topological polar surface area (TPSA) is 138 Å². The minimum absolute atomic E-state index is 0.0455. The van der Waals surface area contributed by atoms with Gasteiger partial charge in [0.2, 0.25) is 0 Å². The van der Waals surface area contributed by atoms with E-state index >= 15 is 0 Å². The standard InChI is InChI=1S/C17H11F2NO7S2/c18-14-4-1-9(7-15(14)19)17(21)20-11-2-3-13-10(5-11)6-12(28(22,23)24)8-16(13)29(25,26)27/h1-8H,(H,20,21)(H,22,23,24)(H,25,26,27). The summed E-state index contributed by atoms with van der Waals surface area (Å²) in [5.74, 6) is -3.18. The van der Waals surface area contributed by atoms with E-state index in [1.807, 2.05) is 0 Å². The lowest BCUT2D eigenvalue weighted by molar-refractivity contribution is 0.102. The molecule has 8 nitrogen and oxygen atoms in total. The molecule has 0 aliphatic heterocycles. The van der Waals surface area contributed by atoms with Crippen LogP contribution in [-0.2, 0) is 20.2 Å². The minimum atomic E-state index is -4.84. The molecule has 3 rings (SSSR count). The third-order valence-electron chi connectivity index (χ3n) is 3.90. The van der Waals surface area contributed by atoms with Gasteiger partial charge in [-0.1, -0.05) is 6.07 Å². The Morgan fingerprint density at radius 2 is 1.52 bits per heavy atom. The van der Waals surface area contributed by atoms with Crippen LogP contribution in [0.25, 0.3) is 10.8 Å². The first-order valence-electron chi connectivity index (χ1n) is 7.65. The Bertz CT molecular complexity index is 1370. The summed E-state index contributed by atoms with van der Waals surface area (Å²) in [5.41, 5.74) is -0.143. The maximum atomic E-state index is 13.3. The first kappa shape index (κ1) is 20.8. The van der Waals surface area contributed by atoms with Crippen LogP contribution in [0.4, 0.5) is 14.5 Å². The number of rotatable bonds is 4. The molecular formula is C17H11F2NO7S2. The van der Waals surface area contributed by atoms with E-state index in [4.69, 9.17) is 0 Å². The van der Waals surface area contributed by atoms with Crippen molar-refractivity contribution in [1.82, 2.24) is 0 Å². The van der Waals surface area contributed by atoms with Gasteiger partial charge in [-0.15, -0.1) is 0 Å². The van der Waals surface area contributed by atoms with Gasteiger partial charge in [-0.2, -0.15) is 16.8 Å². The van der Waals surface area contributed by atoms with Crippen molar-refractivity contribution in [3.63, 3.8) is 0 Å². The van der Waals surface area contributed by atoms with Gasteiger partial charge in [-0.25, -0.2) is 8.78 Å². The number of carbonyl (C=O) groups excluding carboxylic acids is 1. The summed E-state index contributed by atoms with van der Waals surface area (Å²) in [5, 5.41) is 2.24. The molecule has 0 aliphatic rings. The van der Waals surface area contributed by atoms with Crippen LogP contribution in [-0.4, -0.2) is 31.8 Å². The van der Waals surface area contributed by atoms with Gasteiger partial charge in [-0.3, -0.25) is 13.9 Å². The second kappa shape index (κ2) is 7.15. The second-order valence-corrected chi connectivity index (χ2v) is 8.70. The molecule has 0 saturated carbocycles. The predicted octanol–water partition coefficient (Wildman–Crippen LogP) is 2.86. The zero-order valence-electron chi connectivity index (χ0n) is 14.1. The Morgan fingerprint density at radius 3 is 2.10 bits per heavy atom. The summed E-state index contributed by atoms with van der Waals surface area (Å²) in [6, 6.07) is 7.63. The number of nitrogens with one attached hydrogen (secondary N) is 1. The van der Waals surface area contributed by atoms with E-state index in [1.54, 1.807) is 0 Å². The fourth-order valence-electron chi connectivity index (χ4n) is 2.59. The Balaban J connectivity index is 2.09. The number of anilines is 1. The normalized spacial score (nSPS) is 12.1. The molecule has 29 heavy (non-hydrogen) atoms. The molecule has 0 fully saturated rings. The second-order valence-electron chi connectivity index (χ2n) is 5.89. The van der Waals surface area contributed by atoms with Crippen molar-refractivity contribution >= 4 is 42.6 Å². The lowest BCUT2D eigenvalue weighted by atomic mass is 10.1. The molecule has 0 spiro atoms. The van der Waals surface area contributed by atoms with Gasteiger partial charge in [0.05, 0.1) is 4.90 Å². The summed E-state index contributed by atoms with van der Waals surface area (Å²) in [4.78, 5) is 10.6. The zero-order valence-corrected chi connectivity index (χ0v) is 15.8. The fourth-order valence-corrected chi connectivity index (χ4v) is 3.95. The number of hydrogen-bond donors (Lipinski definition) is 3. The van der Waals surface area contributed by atoms with Gasteiger partial charge in [0.15, 0.2) is 11.6 Å². The minimum Gasteiger partial charge on any atom is -0.322 e. The summed E-state index contributed by atoms with van der Waals surface area (Å²) in [7, 11) is -9.64. The molecule has 0 heterocycles. The van der Waals surface area contributed by atoms with E-state index in [9.17, 15) is 39.5 Å². The van der Waals surface area contributed by atoms with Crippen LogP contribution in [0, 0.1) is 11.6 Å². The van der Waals surface area contributed by atoms with Crippen LogP contribution in [0.5, 0.6) is 0 Å². The van der Waals surface area contributed by atoms with E-state index in [0.29, 0.717) is 12.1 Å². The molecule has 0 radical (unpaired) electrons. The van der Waals surface area contributed by atoms with E-state index < -0.39 is 47.6 Å². The highest BCUT2D eigenvalue weighted by atomic mass is 32.2. The average Bonchev–Trinajstić information content (AvgIpc) is 2.61. The van der Waals surface area contributed by atoms with Crippen LogP contribution in [0.2, 0.25) is 0 Å². The van der Waals surface area contributed by atoms with Crippen molar-refractivity contribution in [2.45, 2.75) is 9.79 Å². The summed E-state index contributed by atoms with van der Waals surface area (Å²) >= 11 is 0. The Morgan fingerprint density at radius 1 is 0.828 bits per heavy atom. The van der Waals surface area contributed by atoms with Gasteiger partial charge in [0.25, 0.3) is 26.1 Å². The maximum absolute atomic E-state index is 13.3. The SMILES string of the molecule is O=C(Nc1ccc2c(S(=O)(=O)O)cc(S(=O)(=O)O)cc2c1)c1ccc(F)c(F)c1. The van der Waals surface area contributed by atoms with Crippen molar-refractivity contribution in [3.05, 3.63) is 65.7 Å². The molecule has 0 atom stereocenters. The lowest BCUT2D eigenvalue weighted by Crippen LogP contribution is -2.12. The first-order valence-corrected chi connectivity index (χ1v) is 10.5. The molecule has 3 N–H and O–H groups in total. The van der Waals surface area contributed by atoms with E-state index in [0.717, 1.165) is 18.2 Å². The van der Waals surface area contributed by atoms with E-state index in [2.05, 4.69) is 5.32 Å². The highest BCUT2D eigenvalue weighted by Crippen LogP contribution is 2.29. The Labute approximate surface area is 163 Å². The molecule has 1 amide bonds. The number of amides is 1. The molecule has 0 unspecified atom stereocenters. The van der Waals surface area contributed by atoms with Crippen LogP contribution in [0.1, 0.15) is 10.4 Å². The molecule has 3 aromatic rings. The molecular weight excluding hydrogens is 432 g/mol. The van der Waals surface area contributed by atoms with Crippen LogP contribution < -0.4 is 5.32 Å². The van der Waals surface area contributed by atoms with E-state index in [-0.39, 0.29) is 22.0 Å². The van der Waals surface area contributed by atoms with Crippen molar-refractivity contribution < 1.29 is 39.5 Å². The van der Waals surface area contributed by atoms with Crippen LogP contribution in [0.15, 0.2) is 58.3 Å². The quantitative estimate of drug-likeness (QED) is 0.527. The van der Waals surface area contributed by atoms with Crippen molar-refractivity contribution in [3.8, 4) is 0 Å². The highest BCUT2D eigenvalue weighted by Gasteiger charge is 2.21.